The van der Waals surface area contributed by atoms with E-state index in [2.05, 4.69) is 20.8 Å². The molecule has 0 unspecified atom stereocenters. The van der Waals surface area contributed by atoms with E-state index < -0.39 is 0 Å². The Labute approximate surface area is 140 Å². The lowest BCUT2D eigenvalue weighted by Crippen LogP contribution is -2.35. The predicted molar refractivity (Wildman–Crippen MR) is 92.3 cm³/mol. The molecule has 1 aliphatic heterocycles. The Balaban J connectivity index is 1.61. The van der Waals surface area contributed by atoms with E-state index in [-0.39, 0.29) is 17.6 Å². The van der Waals surface area contributed by atoms with Gasteiger partial charge in [0.05, 0.1) is 12.3 Å². The number of fused-ring (bicyclic) bond motifs is 1. The summed E-state index contributed by atoms with van der Waals surface area (Å²) in [5.74, 6) is 0.674. The minimum absolute atomic E-state index is 0.0943. The molecule has 0 saturated heterocycles. The van der Waals surface area contributed by atoms with Crippen molar-refractivity contribution in [3.63, 3.8) is 0 Å². The van der Waals surface area contributed by atoms with Crippen LogP contribution < -0.4 is 10.6 Å². The van der Waals surface area contributed by atoms with E-state index in [0.717, 1.165) is 17.6 Å². The van der Waals surface area contributed by atoms with Gasteiger partial charge in [-0.2, -0.15) is 0 Å². The fourth-order valence-corrected chi connectivity index (χ4v) is 2.39. The second kappa shape index (κ2) is 6.14. The summed E-state index contributed by atoms with van der Waals surface area (Å²) >= 11 is 0. The highest BCUT2D eigenvalue weighted by Crippen LogP contribution is 2.27. The topological polar surface area (TPSA) is 88.8 Å². The number of amides is 2. The molecule has 0 aliphatic carbocycles. The summed E-state index contributed by atoms with van der Waals surface area (Å²) in [4.78, 5) is 21.7. The molecule has 128 valence electrons. The SMILES string of the molecule is CC1=NO[C@H](CNC(=O)Nc2ccc3oc(C(C)(C)C)nc3c2)C1. The molecule has 7 nitrogen and oxygen atoms in total. The Bertz CT molecular complexity index is 789. The number of urea groups is 1. The third kappa shape index (κ3) is 3.67. The molecule has 0 spiro atoms. The van der Waals surface area contributed by atoms with Gasteiger partial charge in [0.2, 0.25) is 5.89 Å². The normalized spacial score (nSPS) is 17.5. The molecule has 7 heteroatoms. The summed E-state index contributed by atoms with van der Waals surface area (Å²) in [5, 5.41) is 9.43. The lowest BCUT2D eigenvalue weighted by Gasteiger charge is -2.11. The monoisotopic (exact) mass is 330 g/mol. The number of hydrogen-bond acceptors (Lipinski definition) is 5. The van der Waals surface area contributed by atoms with Gasteiger partial charge in [-0.05, 0) is 25.1 Å². The van der Waals surface area contributed by atoms with Gasteiger partial charge in [0.15, 0.2) is 5.58 Å². The number of oxazole rings is 1. The third-order valence-electron chi connectivity index (χ3n) is 3.66. The molecule has 24 heavy (non-hydrogen) atoms. The lowest BCUT2D eigenvalue weighted by molar-refractivity contribution is 0.0870. The first-order valence-electron chi connectivity index (χ1n) is 7.96. The van der Waals surface area contributed by atoms with Gasteiger partial charge in [0.25, 0.3) is 0 Å². The van der Waals surface area contributed by atoms with E-state index in [9.17, 15) is 4.79 Å². The van der Waals surface area contributed by atoms with Gasteiger partial charge in [-0.3, -0.25) is 0 Å². The van der Waals surface area contributed by atoms with E-state index in [4.69, 9.17) is 9.25 Å². The summed E-state index contributed by atoms with van der Waals surface area (Å²) in [6.07, 6.45) is 0.643. The van der Waals surface area contributed by atoms with E-state index in [1.54, 1.807) is 12.1 Å². The molecule has 2 aromatic rings. The van der Waals surface area contributed by atoms with Crippen molar-refractivity contribution < 1.29 is 14.0 Å². The molecular formula is C17H22N4O3. The van der Waals surface area contributed by atoms with Crippen molar-refractivity contribution in [2.45, 2.75) is 45.6 Å². The number of carbonyl (C=O) groups excluding carboxylic acids is 1. The van der Waals surface area contributed by atoms with Crippen molar-refractivity contribution in [2.75, 3.05) is 11.9 Å². The molecule has 0 saturated carbocycles. The van der Waals surface area contributed by atoms with Crippen LogP contribution in [0.4, 0.5) is 10.5 Å². The maximum absolute atomic E-state index is 12.0. The second-order valence-corrected chi connectivity index (χ2v) is 7.04. The van der Waals surface area contributed by atoms with Gasteiger partial charge in [-0.25, -0.2) is 9.78 Å². The van der Waals surface area contributed by atoms with Crippen molar-refractivity contribution in [2.24, 2.45) is 5.16 Å². The van der Waals surface area contributed by atoms with Gasteiger partial charge in [-0.15, -0.1) is 0 Å². The maximum Gasteiger partial charge on any atom is 0.319 e. The first-order valence-corrected chi connectivity index (χ1v) is 7.96. The zero-order valence-corrected chi connectivity index (χ0v) is 14.3. The van der Waals surface area contributed by atoms with Crippen LogP contribution in [-0.2, 0) is 10.3 Å². The molecule has 1 aliphatic rings. The van der Waals surface area contributed by atoms with Crippen LogP contribution >= 0.6 is 0 Å². The number of anilines is 1. The van der Waals surface area contributed by atoms with Crippen molar-refractivity contribution in [1.82, 2.24) is 10.3 Å². The number of hydrogen-bond donors (Lipinski definition) is 2. The Morgan fingerprint density at radius 1 is 1.38 bits per heavy atom. The van der Waals surface area contributed by atoms with E-state index >= 15 is 0 Å². The van der Waals surface area contributed by atoms with Crippen LogP contribution in [0.2, 0.25) is 0 Å². The van der Waals surface area contributed by atoms with Crippen LogP contribution in [0, 0.1) is 0 Å². The maximum atomic E-state index is 12.0. The van der Waals surface area contributed by atoms with E-state index in [0.29, 0.717) is 23.7 Å². The van der Waals surface area contributed by atoms with Gasteiger partial charge in [0, 0.05) is 17.5 Å². The Hall–Kier alpha value is -2.57. The van der Waals surface area contributed by atoms with Crippen LogP contribution in [0.3, 0.4) is 0 Å². The molecule has 0 bridgehead atoms. The molecular weight excluding hydrogens is 308 g/mol. The molecule has 1 aromatic heterocycles. The summed E-state index contributed by atoms with van der Waals surface area (Å²) in [7, 11) is 0. The van der Waals surface area contributed by atoms with Gasteiger partial charge >= 0.3 is 6.03 Å². The Morgan fingerprint density at radius 2 is 2.17 bits per heavy atom. The number of rotatable bonds is 3. The van der Waals surface area contributed by atoms with Gasteiger partial charge < -0.3 is 19.9 Å². The summed E-state index contributed by atoms with van der Waals surface area (Å²) in [6, 6.07) is 5.11. The summed E-state index contributed by atoms with van der Waals surface area (Å²) in [6.45, 7) is 8.44. The fraction of sp³-hybridized carbons (Fsp3) is 0.471. The molecule has 1 atom stereocenters. The first kappa shape index (κ1) is 16.3. The van der Waals surface area contributed by atoms with Crippen LogP contribution in [-0.4, -0.2) is 29.4 Å². The fourth-order valence-electron chi connectivity index (χ4n) is 2.39. The smallest absolute Gasteiger partial charge is 0.319 e. The summed E-state index contributed by atoms with van der Waals surface area (Å²) < 4.78 is 5.75. The second-order valence-electron chi connectivity index (χ2n) is 7.04. The van der Waals surface area contributed by atoms with Gasteiger partial charge in [0.1, 0.15) is 11.6 Å². The van der Waals surface area contributed by atoms with Gasteiger partial charge in [-0.1, -0.05) is 25.9 Å². The minimum atomic E-state index is -0.290. The molecule has 0 radical (unpaired) electrons. The Kier molecular flexibility index (Phi) is 4.17. The average Bonchev–Trinajstić information content (AvgIpc) is 3.10. The zero-order chi connectivity index (χ0) is 17.3. The van der Waals surface area contributed by atoms with Crippen molar-refractivity contribution >= 4 is 28.5 Å². The minimum Gasteiger partial charge on any atom is -0.440 e. The van der Waals surface area contributed by atoms with Crippen molar-refractivity contribution in [3.8, 4) is 0 Å². The zero-order valence-electron chi connectivity index (χ0n) is 14.3. The first-order chi connectivity index (χ1) is 11.3. The number of oxime groups is 1. The molecule has 2 N–H and O–H groups in total. The van der Waals surface area contributed by atoms with Crippen molar-refractivity contribution in [3.05, 3.63) is 24.1 Å². The number of nitrogens with zero attached hydrogens (tertiary/aromatic N) is 2. The third-order valence-corrected chi connectivity index (χ3v) is 3.66. The molecule has 2 heterocycles. The number of carbonyl (C=O) groups is 1. The van der Waals surface area contributed by atoms with Crippen LogP contribution in [0.25, 0.3) is 11.1 Å². The molecule has 3 rings (SSSR count). The highest BCUT2D eigenvalue weighted by Gasteiger charge is 2.21. The highest BCUT2D eigenvalue weighted by atomic mass is 16.6. The largest absolute Gasteiger partial charge is 0.440 e. The van der Waals surface area contributed by atoms with Crippen LogP contribution in [0.5, 0.6) is 0 Å². The Morgan fingerprint density at radius 3 is 2.83 bits per heavy atom. The standard InChI is InChI=1S/C17H22N4O3/c1-10-7-12(24-21-10)9-18-16(22)19-11-5-6-14-13(8-11)20-15(23-14)17(2,3)4/h5-6,8,12H,7,9H2,1-4H3,(H2,18,19,22)/t12-/m0/s1. The van der Waals surface area contributed by atoms with E-state index in [1.165, 1.54) is 0 Å². The predicted octanol–water partition coefficient (Wildman–Crippen LogP) is 3.41. The number of nitrogens with one attached hydrogen (secondary N) is 2. The highest BCUT2D eigenvalue weighted by molar-refractivity contribution is 5.91. The molecule has 2 amide bonds. The number of aromatic nitrogens is 1. The van der Waals surface area contributed by atoms with Crippen molar-refractivity contribution in [1.29, 1.82) is 0 Å². The van der Waals surface area contributed by atoms with Crippen LogP contribution in [0.1, 0.15) is 40.0 Å². The molecule has 0 fully saturated rings. The summed E-state index contributed by atoms with van der Waals surface area (Å²) in [5.41, 5.74) is 2.87. The molecule has 1 aromatic carbocycles. The quantitative estimate of drug-likeness (QED) is 0.902. The van der Waals surface area contributed by atoms with E-state index in [1.807, 2.05) is 33.8 Å². The van der Waals surface area contributed by atoms with Crippen LogP contribution in [0.15, 0.2) is 27.8 Å². The average molecular weight is 330 g/mol. The lowest BCUT2D eigenvalue weighted by atomic mass is 9.97. The number of benzene rings is 1.